The molecule has 0 fully saturated rings. The van der Waals surface area contributed by atoms with Gasteiger partial charge in [0.2, 0.25) is 0 Å². The number of benzene rings is 1. The van der Waals surface area contributed by atoms with Gasteiger partial charge in [0.15, 0.2) is 0 Å². The van der Waals surface area contributed by atoms with E-state index in [0.717, 1.165) is 48.6 Å². The van der Waals surface area contributed by atoms with E-state index in [4.69, 9.17) is 13.9 Å². The zero-order chi connectivity index (χ0) is 20.5. The van der Waals surface area contributed by atoms with Crippen LogP contribution in [0, 0.1) is 0 Å². The van der Waals surface area contributed by atoms with Gasteiger partial charge in [0, 0.05) is 19.6 Å². The number of fused-ring (bicyclic) bond motifs is 1. The molecule has 0 aliphatic carbocycles. The number of hydrogen-bond acceptors (Lipinski definition) is 6. The van der Waals surface area contributed by atoms with Gasteiger partial charge in [0.1, 0.15) is 23.4 Å². The van der Waals surface area contributed by atoms with Gasteiger partial charge in [-0.3, -0.25) is 0 Å². The molecular weight excluding hydrogens is 370 g/mol. The van der Waals surface area contributed by atoms with Crippen LogP contribution in [0.25, 0.3) is 0 Å². The molecule has 2 atom stereocenters. The summed E-state index contributed by atoms with van der Waals surface area (Å²) in [6.45, 7) is 4.58. The first-order valence-electron chi connectivity index (χ1n) is 10.7. The Morgan fingerprint density at radius 2 is 1.79 bits per heavy atom. The monoisotopic (exact) mass is 403 g/mol. The molecule has 0 spiro atoms. The summed E-state index contributed by atoms with van der Waals surface area (Å²) in [6.07, 6.45) is 2.37. The van der Waals surface area contributed by atoms with Crippen LogP contribution in [0.4, 0.5) is 5.69 Å². The van der Waals surface area contributed by atoms with Crippen LogP contribution in [-0.4, -0.2) is 48.8 Å². The molecule has 2 N–H and O–H groups in total. The number of rotatable bonds is 4. The average Bonchev–Trinajstić information content (AvgIpc) is 3.17. The molecular formula is C23H33NO5. The summed E-state index contributed by atoms with van der Waals surface area (Å²) in [4.78, 5) is 2.15. The minimum absolute atomic E-state index is 0.150. The van der Waals surface area contributed by atoms with E-state index in [0.29, 0.717) is 32.7 Å². The third-order valence-corrected chi connectivity index (χ3v) is 5.13. The van der Waals surface area contributed by atoms with E-state index in [-0.39, 0.29) is 6.61 Å². The first kappa shape index (κ1) is 21.7. The number of nitrogens with zero attached hydrogens (tertiary/aromatic N) is 1. The molecule has 0 radical (unpaired) electrons. The van der Waals surface area contributed by atoms with Gasteiger partial charge in [0.25, 0.3) is 0 Å². The third kappa shape index (κ3) is 6.49. The smallest absolute Gasteiger partial charge is 0.142 e. The Kier molecular flexibility index (Phi) is 8.40. The second kappa shape index (κ2) is 11.2. The molecule has 1 aromatic carbocycles. The summed E-state index contributed by atoms with van der Waals surface area (Å²) in [5, 5.41) is 20.6. The lowest BCUT2D eigenvalue weighted by molar-refractivity contribution is -0.0406. The summed E-state index contributed by atoms with van der Waals surface area (Å²) in [6, 6.07) is 12.0. The summed E-state index contributed by atoms with van der Waals surface area (Å²) in [7, 11) is 0. The normalized spacial score (nSPS) is 21.8. The number of furan rings is 1. The maximum atomic E-state index is 10.4. The Balaban J connectivity index is 1.81. The zero-order valence-corrected chi connectivity index (χ0v) is 17.3. The lowest BCUT2D eigenvalue weighted by Gasteiger charge is -2.28. The number of ether oxygens (including phenoxy) is 2. The molecule has 0 amide bonds. The summed E-state index contributed by atoms with van der Waals surface area (Å²) < 4.78 is 17.5. The second-order valence-corrected chi connectivity index (χ2v) is 7.56. The molecule has 1 aromatic heterocycles. The molecule has 0 saturated carbocycles. The Labute approximate surface area is 173 Å². The van der Waals surface area contributed by atoms with Crippen LogP contribution in [0.15, 0.2) is 40.8 Å². The molecule has 0 bridgehead atoms. The number of hydrogen-bond donors (Lipinski definition) is 2. The maximum Gasteiger partial charge on any atom is 0.142 e. The van der Waals surface area contributed by atoms with Crippen molar-refractivity contribution in [1.82, 2.24) is 0 Å². The van der Waals surface area contributed by atoms with Crippen LogP contribution in [-0.2, 0) is 17.7 Å². The number of aliphatic hydroxyl groups is 2. The van der Waals surface area contributed by atoms with Crippen molar-refractivity contribution in [3.05, 3.63) is 47.9 Å². The number of para-hydroxylation sites is 2. The van der Waals surface area contributed by atoms with Gasteiger partial charge < -0.3 is 29.0 Å². The van der Waals surface area contributed by atoms with E-state index >= 15 is 0 Å². The van der Waals surface area contributed by atoms with Gasteiger partial charge in [-0.25, -0.2) is 0 Å². The molecule has 0 unspecified atom stereocenters. The van der Waals surface area contributed by atoms with E-state index in [1.807, 2.05) is 36.4 Å². The Bertz CT molecular complexity index is 732. The predicted molar refractivity (Wildman–Crippen MR) is 112 cm³/mol. The van der Waals surface area contributed by atoms with E-state index in [1.54, 1.807) is 0 Å². The molecule has 6 nitrogen and oxygen atoms in total. The van der Waals surface area contributed by atoms with Crippen LogP contribution in [0.3, 0.4) is 0 Å². The molecule has 1 aliphatic rings. The first-order valence-corrected chi connectivity index (χ1v) is 10.7. The van der Waals surface area contributed by atoms with Gasteiger partial charge in [0.05, 0.1) is 31.5 Å². The average molecular weight is 404 g/mol. The molecule has 6 heteroatoms. The zero-order valence-electron chi connectivity index (χ0n) is 17.3. The summed E-state index contributed by atoms with van der Waals surface area (Å²) in [5.41, 5.74) is 0.968. The lowest BCUT2D eigenvalue weighted by atomic mass is 10.1. The van der Waals surface area contributed by atoms with Gasteiger partial charge in [-0.05, 0) is 49.9 Å². The van der Waals surface area contributed by atoms with Crippen molar-refractivity contribution in [3.8, 4) is 5.75 Å². The molecule has 29 heavy (non-hydrogen) atoms. The van der Waals surface area contributed by atoms with Crippen molar-refractivity contribution in [1.29, 1.82) is 0 Å². The number of aryl methyl sites for hydroxylation is 1. The minimum atomic E-state index is -0.883. The largest absolute Gasteiger partial charge is 0.491 e. The maximum absolute atomic E-state index is 10.4. The SMILES string of the molecule is CCCc1ccc(CN2CC[C@H](O)[C@H](O)COCCCCOc3ccccc32)o1. The molecule has 2 aromatic rings. The summed E-state index contributed by atoms with van der Waals surface area (Å²) in [5.74, 6) is 2.69. The van der Waals surface area contributed by atoms with Gasteiger partial charge in [-0.15, -0.1) is 0 Å². The fraction of sp³-hybridized carbons (Fsp3) is 0.565. The van der Waals surface area contributed by atoms with Crippen LogP contribution < -0.4 is 9.64 Å². The van der Waals surface area contributed by atoms with E-state index in [1.165, 1.54) is 0 Å². The van der Waals surface area contributed by atoms with Crippen molar-refractivity contribution >= 4 is 5.69 Å². The predicted octanol–water partition coefficient (Wildman–Crippen LogP) is 3.54. The lowest BCUT2D eigenvalue weighted by Crippen LogP contribution is -2.35. The fourth-order valence-electron chi connectivity index (χ4n) is 3.49. The highest BCUT2D eigenvalue weighted by Crippen LogP contribution is 2.30. The topological polar surface area (TPSA) is 75.3 Å². The van der Waals surface area contributed by atoms with Crippen molar-refractivity contribution in [2.45, 2.75) is 57.8 Å². The number of aliphatic hydroxyl groups excluding tert-OH is 2. The molecule has 160 valence electrons. The van der Waals surface area contributed by atoms with Crippen molar-refractivity contribution in [3.63, 3.8) is 0 Å². The van der Waals surface area contributed by atoms with Crippen LogP contribution in [0.5, 0.6) is 5.75 Å². The van der Waals surface area contributed by atoms with Crippen LogP contribution in [0.2, 0.25) is 0 Å². The summed E-state index contributed by atoms with van der Waals surface area (Å²) >= 11 is 0. The third-order valence-electron chi connectivity index (χ3n) is 5.13. The van der Waals surface area contributed by atoms with E-state index in [2.05, 4.69) is 11.8 Å². The highest BCUT2D eigenvalue weighted by molar-refractivity contribution is 5.58. The van der Waals surface area contributed by atoms with Crippen LogP contribution in [0.1, 0.15) is 44.1 Å². The highest BCUT2D eigenvalue weighted by Gasteiger charge is 2.21. The quantitative estimate of drug-likeness (QED) is 0.813. The van der Waals surface area contributed by atoms with Gasteiger partial charge in [-0.2, -0.15) is 0 Å². The van der Waals surface area contributed by atoms with Gasteiger partial charge >= 0.3 is 0 Å². The van der Waals surface area contributed by atoms with E-state index < -0.39 is 12.2 Å². The Morgan fingerprint density at radius 3 is 2.66 bits per heavy atom. The molecule has 2 heterocycles. The molecule has 1 aliphatic heterocycles. The van der Waals surface area contributed by atoms with Crippen LogP contribution >= 0.6 is 0 Å². The van der Waals surface area contributed by atoms with Crippen molar-refractivity contribution < 1.29 is 24.1 Å². The fourth-order valence-corrected chi connectivity index (χ4v) is 3.49. The van der Waals surface area contributed by atoms with Gasteiger partial charge in [-0.1, -0.05) is 19.1 Å². The number of anilines is 1. The Hall–Kier alpha value is -2.02. The first-order chi connectivity index (χ1) is 14.2. The Morgan fingerprint density at radius 1 is 1.00 bits per heavy atom. The molecule has 0 saturated heterocycles. The van der Waals surface area contributed by atoms with Crippen molar-refractivity contribution in [2.24, 2.45) is 0 Å². The highest BCUT2D eigenvalue weighted by atomic mass is 16.5. The second-order valence-electron chi connectivity index (χ2n) is 7.56. The minimum Gasteiger partial charge on any atom is -0.491 e. The van der Waals surface area contributed by atoms with Crippen molar-refractivity contribution in [2.75, 3.05) is 31.3 Å². The van der Waals surface area contributed by atoms with E-state index in [9.17, 15) is 10.2 Å². The standard InChI is InChI=1S/C23H33NO5/c1-2-7-18-10-11-19(29-18)16-24-13-12-21(25)22(26)17-27-14-5-6-15-28-23-9-4-3-8-20(23)24/h3-4,8-11,21-22,25-26H,2,5-7,12-17H2,1H3/t21-,22+/m0/s1. The molecule has 3 rings (SSSR count).